The van der Waals surface area contributed by atoms with E-state index in [1.54, 1.807) is 0 Å². The summed E-state index contributed by atoms with van der Waals surface area (Å²) in [6, 6.07) is 7.83. The summed E-state index contributed by atoms with van der Waals surface area (Å²) in [7, 11) is 0. The molecule has 0 heterocycles. The molecule has 20 heavy (non-hydrogen) atoms. The molecule has 110 valence electrons. The third-order valence-corrected chi connectivity index (χ3v) is 3.83. The van der Waals surface area contributed by atoms with E-state index in [-0.39, 0.29) is 12.5 Å². The molecule has 2 atom stereocenters. The largest absolute Gasteiger partial charge is 0.484 e. The normalized spacial score (nSPS) is 22.3. The highest BCUT2D eigenvalue weighted by Crippen LogP contribution is 2.23. The van der Waals surface area contributed by atoms with Gasteiger partial charge in [-0.25, -0.2) is 0 Å². The SMILES string of the molecule is CC1CCCC(NC(=O)COc2ccc(CN)cc2)C1. The van der Waals surface area contributed by atoms with E-state index in [1.807, 2.05) is 24.3 Å². The van der Waals surface area contributed by atoms with Crippen LogP contribution in [0.25, 0.3) is 0 Å². The number of carbonyl (C=O) groups excluding carboxylic acids is 1. The fourth-order valence-corrected chi connectivity index (χ4v) is 2.71. The second kappa shape index (κ2) is 7.29. The van der Waals surface area contributed by atoms with E-state index in [1.165, 1.54) is 12.8 Å². The van der Waals surface area contributed by atoms with E-state index >= 15 is 0 Å². The Morgan fingerprint density at radius 3 is 2.75 bits per heavy atom. The summed E-state index contributed by atoms with van der Waals surface area (Å²) in [6.07, 6.45) is 4.64. The molecule has 0 bridgehead atoms. The summed E-state index contributed by atoms with van der Waals surface area (Å²) in [4.78, 5) is 11.9. The van der Waals surface area contributed by atoms with Crippen LogP contribution in [0.1, 0.15) is 38.2 Å². The average molecular weight is 276 g/mol. The first-order chi connectivity index (χ1) is 9.67. The molecule has 1 aromatic rings. The van der Waals surface area contributed by atoms with E-state index in [9.17, 15) is 4.79 Å². The molecule has 0 aliphatic heterocycles. The van der Waals surface area contributed by atoms with Gasteiger partial charge < -0.3 is 15.8 Å². The predicted octanol–water partition coefficient (Wildman–Crippen LogP) is 2.22. The van der Waals surface area contributed by atoms with Gasteiger partial charge in [0.25, 0.3) is 5.91 Å². The van der Waals surface area contributed by atoms with Crippen LogP contribution in [0.3, 0.4) is 0 Å². The zero-order chi connectivity index (χ0) is 14.4. The Hall–Kier alpha value is -1.55. The number of nitrogens with one attached hydrogen (secondary N) is 1. The lowest BCUT2D eigenvalue weighted by Crippen LogP contribution is -2.40. The number of benzene rings is 1. The van der Waals surface area contributed by atoms with Crippen molar-refractivity contribution in [3.05, 3.63) is 29.8 Å². The lowest BCUT2D eigenvalue weighted by molar-refractivity contribution is -0.124. The maximum Gasteiger partial charge on any atom is 0.258 e. The Morgan fingerprint density at radius 2 is 2.10 bits per heavy atom. The summed E-state index contributed by atoms with van der Waals surface area (Å²) in [5.41, 5.74) is 6.59. The molecule has 1 aliphatic carbocycles. The second-order valence-electron chi connectivity index (χ2n) is 5.67. The minimum absolute atomic E-state index is 0.0352. The highest BCUT2D eigenvalue weighted by atomic mass is 16.5. The Kier molecular flexibility index (Phi) is 5.41. The maximum absolute atomic E-state index is 11.9. The number of amides is 1. The fourth-order valence-electron chi connectivity index (χ4n) is 2.71. The molecule has 1 aliphatic rings. The molecule has 0 radical (unpaired) electrons. The molecule has 0 spiro atoms. The molecule has 1 amide bonds. The van der Waals surface area contributed by atoms with Crippen molar-refractivity contribution < 1.29 is 9.53 Å². The molecule has 3 N–H and O–H groups in total. The number of hydrogen-bond acceptors (Lipinski definition) is 3. The van der Waals surface area contributed by atoms with Crippen molar-refractivity contribution in [3.63, 3.8) is 0 Å². The van der Waals surface area contributed by atoms with Crippen LogP contribution in [0.2, 0.25) is 0 Å². The predicted molar refractivity (Wildman–Crippen MR) is 79.4 cm³/mol. The quantitative estimate of drug-likeness (QED) is 0.866. The number of carbonyl (C=O) groups is 1. The molecule has 1 saturated carbocycles. The van der Waals surface area contributed by atoms with Crippen LogP contribution in [0.4, 0.5) is 0 Å². The van der Waals surface area contributed by atoms with E-state index in [0.717, 1.165) is 18.4 Å². The molecule has 0 aromatic heterocycles. The maximum atomic E-state index is 11.9. The summed E-state index contributed by atoms with van der Waals surface area (Å²) in [6.45, 7) is 2.83. The second-order valence-corrected chi connectivity index (χ2v) is 5.67. The number of rotatable bonds is 5. The van der Waals surface area contributed by atoms with Gasteiger partial charge in [-0.1, -0.05) is 31.9 Å². The molecule has 0 saturated heterocycles. The Labute approximate surface area is 120 Å². The summed E-state index contributed by atoms with van der Waals surface area (Å²) < 4.78 is 5.48. The molecule has 2 rings (SSSR count). The van der Waals surface area contributed by atoms with Gasteiger partial charge in [0.05, 0.1) is 0 Å². The first-order valence-corrected chi connectivity index (χ1v) is 7.38. The average Bonchev–Trinajstić information content (AvgIpc) is 2.46. The Bertz CT molecular complexity index is 431. The molecular weight excluding hydrogens is 252 g/mol. The van der Waals surface area contributed by atoms with Crippen LogP contribution in [0.15, 0.2) is 24.3 Å². The van der Waals surface area contributed by atoms with Gasteiger partial charge in [0, 0.05) is 12.6 Å². The van der Waals surface area contributed by atoms with Crippen LogP contribution in [0, 0.1) is 5.92 Å². The fraction of sp³-hybridized carbons (Fsp3) is 0.562. The molecule has 1 fully saturated rings. The van der Waals surface area contributed by atoms with Crippen molar-refractivity contribution in [3.8, 4) is 5.75 Å². The van der Waals surface area contributed by atoms with E-state index < -0.39 is 0 Å². The lowest BCUT2D eigenvalue weighted by atomic mass is 9.87. The van der Waals surface area contributed by atoms with Gasteiger partial charge in [-0.2, -0.15) is 0 Å². The van der Waals surface area contributed by atoms with Crippen molar-refractivity contribution in [2.45, 2.75) is 45.2 Å². The van der Waals surface area contributed by atoms with E-state index in [4.69, 9.17) is 10.5 Å². The van der Waals surface area contributed by atoms with Crippen LogP contribution in [0.5, 0.6) is 5.75 Å². The summed E-state index contributed by atoms with van der Waals surface area (Å²) >= 11 is 0. The minimum Gasteiger partial charge on any atom is -0.484 e. The third-order valence-electron chi connectivity index (χ3n) is 3.83. The van der Waals surface area contributed by atoms with Crippen molar-refractivity contribution in [2.75, 3.05) is 6.61 Å². The molecule has 4 heteroatoms. The summed E-state index contributed by atoms with van der Waals surface area (Å²) in [5, 5.41) is 3.06. The smallest absolute Gasteiger partial charge is 0.258 e. The van der Waals surface area contributed by atoms with Gasteiger partial charge in [-0.15, -0.1) is 0 Å². The topological polar surface area (TPSA) is 64.3 Å². The number of ether oxygens (including phenoxy) is 1. The van der Waals surface area contributed by atoms with Crippen molar-refractivity contribution in [1.29, 1.82) is 0 Å². The Morgan fingerprint density at radius 1 is 1.35 bits per heavy atom. The lowest BCUT2D eigenvalue weighted by Gasteiger charge is -2.27. The molecule has 4 nitrogen and oxygen atoms in total. The zero-order valence-electron chi connectivity index (χ0n) is 12.1. The van der Waals surface area contributed by atoms with Crippen LogP contribution < -0.4 is 15.8 Å². The van der Waals surface area contributed by atoms with Crippen LogP contribution >= 0.6 is 0 Å². The standard InChI is InChI=1S/C16H24N2O2/c1-12-3-2-4-14(9-12)18-16(19)11-20-15-7-5-13(10-17)6-8-15/h5-8,12,14H,2-4,9-11,17H2,1H3,(H,18,19). The van der Waals surface area contributed by atoms with E-state index in [2.05, 4.69) is 12.2 Å². The van der Waals surface area contributed by atoms with Crippen LogP contribution in [-0.4, -0.2) is 18.6 Å². The highest BCUT2D eigenvalue weighted by molar-refractivity contribution is 5.77. The molecule has 2 unspecified atom stereocenters. The van der Waals surface area contributed by atoms with Crippen molar-refractivity contribution >= 4 is 5.91 Å². The first kappa shape index (κ1) is 14.9. The number of nitrogens with two attached hydrogens (primary N) is 1. The van der Waals surface area contributed by atoms with Crippen LogP contribution in [-0.2, 0) is 11.3 Å². The molecule has 1 aromatic carbocycles. The van der Waals surface area contributed by atoms with Crippen molar-refractivity contribution in [2.24, 2.45) is 11.7 Å². The van der Waals surface area contributed by atoms with Gasteiger partial charge in [-0.05, 0) is 36.5 Å². The minimum atomic E-state index is -0.0352. The monoisotopic (exact) mass is 276 g/mol. The summed E-state index contributed by atoms with van der Waals surface area (Å²) in [5.74, 6) is 1.38. The zero-order valence-corrected chi connectivity index (χ0v) is 12.1. The van der Waals surface area contributed by atoms with E-state index in [0.29, 0.717) is 24.3 Å². The first-order valence-electron chi connectivity index (χ1n) is 7.38. The Balaban J connectivity index is 1.73. The van der Waals surface area contributed by atoms with Gasteiger partial charge in [0.15, 0.2) is 6.61 Å². The van der Waals surface area contributed by atoms with Gasteiger partial charge in [0.2, 0.25) is 0 Å². The molecular formula is C16H24N2O2. The van der Waals surface area contributed by atoms with Gasteiger partial charge in [0.1, 0.15) is 5.75 Å². The van der Waals surface area contributed by atoms with Gasteiger partial charge in [-0.3, -0.25) is 4.79 Å². The van der Waals surface area contributed by atoms with Gasteiger partial charge >= 0.3 is 0 Å². The number of hydrogen-bond donors (Lipinski definition) is 2. The van der Waals surface area contributed by atoms with Crippen molar-refractivity contribution in [1.82, 2.24) is 5.32 Å². The highest BCUT2D eigenvalue weighted by Gasteiger charge is 2.20. The third kappa shape index (κ3) is 4.53.